The summed E-state index contributed by atoms with van der Waals surface area (Å²) in [6, 6.07) is 12.4. The van der Waals surface area contributed by atoms with E-state index in [4.69, 9.17) is 14.2 Å². The zero-order valence-corrected chi connectivity index (χ0v) is 15.7. The number of amides is 2. The summed E-state index contributed by atoms with van der Waals surface area (Å²) in [6.07, 6.45) is 1.79. The molecule has 0 unspecified atom stereocenters. The lowest BCUT2D eigenvalue weighted by atomic mass is 10.0. The normalized spacial score (nSPS) is 14.1. The van der Waals surface area contributed by atoms with Gasteiger partial charge in [0.25, 0.3) is 11.8 Å². The summed E-state index contributed by atoms with van der Waals surface area (Å²) in [5.74, 6) is -0.367. The quantitative estimate of drug-likeness (QED) is 0.773. The number of para-hydroxylation sites is 1. The molecular weight excluding hydrogens is 376 g/mol. The average molecular weight is 396 g/mol. The first kappa shape index (κ1) is 18.8. The van der Waals surface area contributed by atoms with Crippen LogP contribution in [0.25, 0.3) is 0 Å². The Balaban J connectivity index is 1.26. The highest BCUT2D eigenvalue weighted by atomic mass is 16.7. The van der Waals surface area contributed by atoms with Crippen LogP contribution in [0.15, 0.2) is 42.5 Å². The predicted octanol–water partition coefficient (Wildman–Crippen LogP) is 1.67. The van der Waals surface area contributed by atoms with Crippen molar-refractivity contribution < 1.29 is 28.6 Å². The fraction of sp³-hybridized carbons (Fsp3) is 0.286. The molecule has 1 N–H and O–H groups in total. The van der Waals surface area contributed by atoms with E-state index >= 15 is 0 Å². The van der Waals surface area contributed by atoms with Gasteiger partial charge in [-0.1, -0.05) is 18.2 Å². The van der Waals surface area contributed by atoms with Gasteiger partial charge in [0.05, 0.1) is 0 Å². The van der Waals surface area contributed by atoms with E-state index in [2.05, 4.69) is 5.32 Å². The number of fused-ring (bicyclic) bond motifs is 2. The van der Waals surface area contributed by atoms with Gasteiger partial charge in [-0.2, -0.15) is 0 Å². The first-order chi connectivity index (χ1) is 14.1. The molecule has 2 aliphatic heterocycles. The zero-order valence-electron chi connectivity index (χ0n) is 15.7. The molecule has 0 atom stereocenters. The van der Waals surface area contributed by atoms with E-state index in [-0.39, 0.29) is 25.9 Å². The van der Waals surface area contributed by atoms with Gasteiger partial charge < -0.3 is 24.4 Å². The lowest BCUT2D eigenvalue weighted by Gasteiger charge is -2.29. The maximum atomic E-state index is 12.5. The number of aryl methyl sites for hydroxylation is 1. The van der Waals surface area contributed by atoms with E-state index in [1.165, 1.54) is 0 Å². The molecule has 4 rings (SSSR count). The van der Waals surface area contributed by atoms with Crippen molar-refractivity contribution in [3.05, 3.63) is 53.6 Å². The van der Waals surface area contributed by atoms with Crippen molar-refractivity contribution >= 4 is 23.5 Å². The van der Waals surface area contributed by atoms with Crippen molar-refractivity contribution in [1.82, 2.24) is 5.32 Å². The van der Waals surface area contributed by atoms with Gasteiger partial charge in [0.1, 0.15) is 6.54 Å². The Hall–Kier alpha value is -3.55. The highest BCUT2D eigenvalue weighted by molar-refractivity contribution is 5.98. The molecule has 0 bridgehead atoms. The van der Waals surface area contributed by atoms with E-state index in [0.717, 1.165) is 24.1 Å². The van der Waals surface area contributed by atoms with Crippen LogP contribution in [0.2, 0.25) is 0 Å². The number of benzene rings is 2. The molecule has 2 amide bonds. The summed E-state index contributed by atoms with van der Waals surface area (Å²) >= 11 is 0. The number of anilines is 1. The van der Waals surface area contributed by atoms with Gasteiger partial charge >= 0.3 is 5.97 Å². The number of carbonyl (C=O) groups is 3. The number of hydrogen-bond acceptors (Lipinski definition) is 6. The first-order valence-electron chi connectivity index (χ1n) is 9.33. The lowest BCUT2D eigenvalue weighted by Crippen LogP contribution is -2.39. The van der Waals surface area contributed by atoms with Crippen LogP contribution in [0, 0.1) is 0 Å². The third-order valence-corrected chi connectivity index (χ3v) is 4.80. The van der Waals surface area contributed by atoms with E-state index in [9.17, 15) is 14.4 Å². The second-order valence-corrected chi connectivity index (χ2v) is 6.69. The Morgan fingerprint density at radius 2 is 1.90 bits per heavy atom. The van der Waals surface area contributed by atoms with Crippen LogP contribution in [0.4, 0.5) is 5.69 Å². The summed E-state index contributed by atoms with van der Waals surface area (Å²) in [4.78, 5) is 38.2. The Morgan fingerprint density at radius 3 is 2.79 bits per heavy atom. The minimum atomic E-state index is -0.683. The Bertz CT molecular complexity index is 958. The molecule has 0 spiro atoms. The Kier molecular flexibility index (Phi) is 5.33. The minimum absolute atomic E-state index is 0.113. The molecule has 8 heteroatoms. The first-order valence-corrected chi connectivity index (χ1v) is 9.33. The SMILES string of the molecule is O=C(CNC(=O)c1ccc2c(c1)OCO2)OCC(=O)N1CCCc2ccccc21. The topological polar surface area (TPSA) is 94.2 Å². The lowest BCUT2D eigenvalue weighted by molar-refractivity contribution is -0.146. The number of carbonyl (C=O) groups excluding carboxylic acids is 3. The second-order valence-electron chi connectivity index (χ2n) is 6.69. The summed E-state index contributed by atoms with van der Waals surface area (Å²) in [5.41, 5.74) is 2.30. The Morgan fingerprint density at radius 1 is 1.07 bits per heavy atom. The predicted molar refractivity (Wildman–Crippen MR) is 103 cm³/mol. The molecule has 0 fully saturated rings. The number of rotatable bonds is 5. The molecule has 0 aromatic heterocycles. The molecule has 2 aromatic carbocycles. The highest BCUT2D eigenvalue weighted by Crippen LogP contribution is 2.32. The highest BCUT2D eigenvalue weighted by Gasteiger charge is 2.23. The molecule has 8 nitrogen and oxygen atoms in total. The van der Waals surface area contributed by atoms with Gasteiger partial charge in [-0.3, -0.25) is 14.4 Å². The van der Waals surface area contributed by atoms with Crippen LogP contribution in [0.5, 0.6) is 11.5 Å². The number of esters is 1. The smallest absolute Gasteiger partial charge is 0.325 e. The van der Waals surface area contributed by atoms with E-state index < -0.39 is 11.9 Å². The van der Waals surface area contributed by atoms with Crippen molar-refractivity contribution in [3.8, 4) is 11.5 Å². The van der Waals surface area contributed by atoms with Gasteiger partial charge in [-0.25, -0.2) is 0 Å². The standard InChI is InChI=1S/C21H20N2O6/c24-19(23-9-3-5-14-4-1-2-6-16(14)23)12-27-20(25)11-22-21(26)15-7-8-17-18(10-15)29-13-28-17/h1-2,4,6-8,10H,3,5,9,11-13H2,(H,22,26). The minimum Gasteiger partial charge on any atom is -0.454 e. The van der Waals surface area contributed by atoms with Crippen LogP contribution in [-0.4, -0.2) is 44.3 Å². The molecule has 0 saturated heterocycles. The molecule has 0 radical (unpaired) electrons. The maximum Gasteiger partial charge on any atom is 0.325 e. The fourth-order valence-electron chi connectivity index (χ4n) is 3.36. The van der Waals surface area contributed by atoms with E-state index in [0.29, 0.717) is 23.6 Å². The summed E-state index contributed by atoms with van der Waals surface area (Å²) in [7, 11) is 0. The van der Waals surface area contributed by atoms with Crippen molar-refractivity contribution in [2.45, 2.75) is 12.8 Å². The molecule has 0 saturated carbocycles. The summed E-state index contributed by atoms with van der Waals surface area (Å²) in [5, 5.41) is 2.47. The molecular formula is C21H20N2O6. The van der Waals surface area contributed by atoms with E-state index in [1.807, 2.05) is 24.3 Å². The average Bonchev–Trinajstić information content (AvgIpc) is 3.23. The monoisotopic (exact) mass is 396 g/mol. The number of nitrogens with one attached hydrogen (secondary N) is 1. The van der Waals surface area contributed by atoms with Crippen molar-refractivity contribution in [2.75, 3.05) is 31.4 Å². The zero-order chi connectivity index (χ0) is 20.2. The number of nitrogens with zero attached hydrogens (tertiary/aromatic N) is 1. The van der Waals surface area contributed by atoms with Gasteiger partial charge in [0.15, 0.2) is 18.1 Å². The fourth-order valence-corrected chi connectivity index (χ4v) is 3.36. The van der Waals surface area contributed by atoms with Crippen LogP contribution in [0.1, 0.15) is 22.3 Å². The molecule has 150 valence electrons. The molecule has 2 aromatic rings. The van der Waals surface area contributed by atoms with Gasteiger partial charge in [0, 0.05) is 17.8 Å². The van der Waals surface area contributed by atoms with Crippen molar-refractivity contribution in [3.63, 3.8) is 0 Å². The second kappa shape index (κ2) is 8.22. The largest absolute Gasteiger partial charge is 0.454 e. The number of hydrogen-bond donors (Lipinski definition) is 1. The van der Waals surface area contributed by atoms with Crippen LogP contribution >= 0.6 is 0 Å². The maximum absolute atomic E-state index is 12.5. The van der Waals surface area contributed by atoms with E-state index in [1.54, 1.807) is 23.1 Å². The molecule has 0 aliphatic carbocycles. The Labute approximate surface area is 167 Å². The van der Waals surface area contributed by atoms with Crippen LogP contribution in [0.3, 0.4) is 0 Å². The van der Waals surface area contributed by atoms with Crippen molar-refractivity contribution in [2.24, 2.45) is 0 Å². The third kappa shape index (κ3) is 4.16. The molecule has 29 heavy (non-hydrogen) atoms. The van der Waals surface area contributed by atoms with Crippen LogP contribution < -0.4 is 19.7 Å². The van der Waals surface area contributed by atoms with Crippen LogP contribution in [-0.2, 0) is 20.7 Å². The molecule has 2 heterocycles. The van der Waals surface area contributed by atoms with Gasteiger partial charge in [-0.05, 0) is 42.7 Å². The van der Waals surface area contributed by atoms with Gasteiger partial charge in [-0.15, -0.1) is 0 Å². The van der Waals surface area contributed by atoms with Gasteiger partial charge in [0.2, 0.25) is 6.79 Å². The summed E-state index contributed by atoms with van der Waals surface area (Å²) < 4.78 is 15.5. The van der Waals surface area contributed by atoms with Crippen molar-refractivity contribution in [1.29, 1.82) is 0 Å². The summed E-state index contributed by atoms with van der Waals surface area (Å²) in [6.45, 7) is 0.000698. The number of ether oxygens (including phenoxy) is 3. The third-order valence-electron chi connectivity index (χ3n) is 4.80. The molecule has 2 aliphatic rings.